The van der Waals surface area contributed by atoms with Gasteiger partial charge in [0.15, 0.2) is 11.5 Å². The number of nitrogens with zero attached hydrogens (tertiary/aromatic N) is 1. The fourth-order valence-electron chi connectivity index (χ4n) is 3.32. The number of amides is 1. The summed E-state index contributed by atoms with van der Waals surface area (Å²) in [6.45, 7) is 0.997. The van der Waals surface area contributed by atoms with Crippen LogP contribution in [-0.2, 0) is 10.0 Å². The van der Waals surface area contributed by atoms with E-state index in [-0.39, 0.29) is 16.3 Å². The predicted octanol–water partition coefficient (Wildman–Crippen LogP) is 4.50. The molecule has 7 nitrogen and oxygen atoms in total. The Kier molecular flexibility index (Phi) is 5.87. The second-order valence-electron chi connectivity index (χ2n) is 6.97. The van der Waals surface area contributed by atoms with E-state index >= 15 is 0 Å². The molecule has 30 heavy (non-hydrogen) atoms. The van der Waals surface area contributed by atoms with Gasteiger partial charge in [-0.1, -0.05) is 24.6 Å². The van der Waals surface area contributed by atoms with Crippen molar-refractivity contribution in [3.63, 3.8) is 0 Å². The maximum absolute atomic E-state index is 13.1. The lowest BCUT2D eigenvalue weighted by Crippen LogP contribution is -2.35. The first-order valence-corrected chi connectivity index (χ1v) is 11.2. The van der Waals surface area contributed by atoms with E-state index in [1.54, 1.807) is 24.3 Å². The Morgan fingerprint density at radius 1 is 0.967 bits per heavy atom. The van der Waals surface area contributed by atoms with Crippen LogP contribution in [0.3, 0.4) is 0 Å². The van der Waals surface area contributed by atoms with Crippen molar-refractivity contribution in [3.05, 3.63) is 72.7 Å². The zero-order chi connectivity index (χ0) is 21.0. The van der Waals surface area contributed by atoms with E-state index in [0.29, 0.717) is 24.6 Å². The van der Waals surface area contributed by atoms with Crippen molar-refractivity contribution in [3.8, 4) is 11.5 Å². The van der Waals surface area contributed by atoms with Gasteiger partial charge in [-0.25, -0.2) is 8.42 Å². The quantitative estimate of drug-likeness (QED) is 0.627. The summed E-state index contributed by atoms with van der Waals surface area (Å²) in [6, 6.07) is 16.7. The van der Waals surface area contributed by atoms with Gasteiger partial charge in [0.05, 0.1) is 16.8 Å². The minimum Gasteiger partial charge on any atom is -0.459 e. The number of benzene rings is 2. The summed E-state index contributed by atoms with van der Waals surface area (Å²) < 4.78 is 38.7. The Morgan fingerprint density at radius 3 is 2.43 bits per heavy atom. The lowest BCUT2D eigenvalue weighted by atomic mass is 10.2. The van der Waals surface area contributed by atoms with Crippen molar-refractivity contribution < 1.29 is 22.4 Å². The minimum absolute atomic E-state index is 0.111. The minimum atomic E-state index is -3.66. The molecule has 2 aromatic carbocycles. The number of sulfonamides is 1. The standard InChI is InChI=1S/C22H22N2O5S/c25-22(21-10-7-15-28-21)23-19-16-18(30(26,27)24-13-5-2-6-14-24)11-12-20(19)29-17-8-3-1-4-9-17/h1,3-4,7-12,15-16H,2,5-6,13-14H2,(H,23,25). The van der Waals surface area contributed by atoms with Gasteiger partial charge in [-0.05, 0) is 55.3 Å². The van der Waals surface area contributed by atoms with Crippen LogP contribution >= 0.6 is 0 Å². The number of rotatable bonds is 6. The van der Waals surface area contributed by atoms with Crippen LogP contribution in [0.15, 0.2) is 76.2 Å². The molecule has 1 N–H and O–H groups in total. The summed E-state index contributed by atoms with van der Waals surface area (Å²) in [5, 5.41) is 2.71. The van der Waals surface area contributed by atoms with Gasteiger partial charge in [0.25, 0.3) is 5.91 Å². The highest BCUT2D eigenvalue weighted by Crippen LogP contribution is 2.33. The topological polar surface area (TPSA) is 88.9 Å². The molecule has 1 fully saturated rings. The Labute approximate surface area is 175 Å². The number of nitrogens with one attached hydrogen (secondary N) is 1. The van der Waals surface area contributed by atoms with Crippen LogP contribution in [0.5, 0.6) is 11.5 Å². The number of carbonyl (C=O) groups excluding carboxylic acids is 1. The van der Waals surface area contributed by atoms with Gasteiger partial charge >= 0.3 is 0 Å². The van der Waals surface area contributed by atoms with E-state index < -0.39 is 15.9 Å². The van der Waals surface area contributed by atoms with Gasteiger partial charge in [0, 0.05) is 13.1 Å². The highest BCUT2D eigenvalue weighted by Gasteiger charge is 2.27. The normalized spacial score (nSPS) is 14.9. The Bertz CT molecular complexity index is 1110. The van der Waals surface area contributed by atoms with Gasteiger partial charge in [0.2, 0.25) is 10.0 Å². The summed E-state index contributed by atoms with van der Waals surface area (Å²) in [5.74, 6) is 0.520. The molecule has 3 aromatic rings. The van der Waals surface area contributed by atoms with Crippen LogP contribution in [0.4, 0.5) is 5.69 Å². The first kappa shape index (κ1) is 20.2. The summed E-state index contributed by atoms with van der Waals surface area (Å²) >= 11 is 0. The van der Waals surface area contributed by atoms with Crippen molar-refractivity contribution in [2.45, 2.75) is 24.2 Å². The number of hydrogen-bond acceptors (Lipinski definition) is 5. The molecule has 0 bridgehead atoms. The maximum atomic E-state index is 13.1. The van der Waals surface area contributed by atoms with Crippen molar-refractivity contribution in [2.75, 3.05) is 18.4 Å². The predicted molar refractivity (Wildman–Crippen MR) is 112 cm³/mol. The molecular weight excluding hydrogens is 404 g/mol. The molecule has 0 atom stereocenters. The lowest BCUT2D eigenvalue weighted by molar-refractivity contribution is 0.0996. The molecule has 0 unspecified atom stereocenters. The summed E-state index contributed by atoms with van der Waals surface area (Å²) in [5.41, 5.74) is 0.248. The molecule has 0 spiro atoms. The SMILES string of the molecule is O=C(Nc1cc(S(=O)(=O)N2CCCCC2)ccc1Oc1ccccc1)c1ccco1. The largest absolute Gasteiger partial charge is 0.459 e. The van der Waals surface area contributed by atoms with Gasteiger partial charge in [0.1, 0.15) is 5.75 Å². The van der Waals surface area contributed by atoms with E-state index in [1.807, 2.05) is 18.2 Å². The second kappa shape index (κ2) is 8.73. The molecule has 1 aliphatic rings. The summed E-state index contributed by atoms with van der Waals surface area (Å²) in [6.07, 6.45) is 4.11. The van der Waals surface area contributed by atoms with Gasteiger partial charge < -0.3 is 14.5 Å². The van der Waals surface area contributed by atoms with Crippen LogP contribution < -0.4 is 10.1 Å². The molecule has 4 rings (SSSR count). The third-order valence-corrected chi connectivity index (χ3v) is 6.76. The van der Waals surface area contributed by atoms with E-state index in [9.17, 15) is 13.2 Å². The molecule has 1 saturated heterocycles. The zero-order valence-corrected chi connectivity index (χ0v) is 17.1. The molecule has 1 amide bonds. The van der Waals surface area contributed by atoms with Crippen LogP contribution in [0.25, 0.3) is 0 Å². The van der Waals surface area contributed by atoms with Crippen molar-refractivity contribution in [1.82, 2.24) is 4.31 Å². The number of hydrogen-bond donors (Lipinski definition) is 1. The average Bonchev–Trinajstić information content (AvgIpc) is 3.31. The van der Waals surface area contributed by atoms with E-state index in [1.165, 1.54) is 28.8 Å². The Balaban J connectivity index is 1.68. The Morgan fingerprint density at radius 2 is 1.73 bits per heavy atom. The molecule has 8 heteroatoms. The molecule has 0 saturated carbocycles. The molecule has 1 aliphatic heterocycles. The highest BCUT2D eigenvalue weighted by molar-refractivity contribution is 7.89. The van der Waals surface area contributed by atoms with Crippen molar-refractivity contribution in [1.29, 1.82) is 0 Å². The number of piperidine rings is 1. The van der Waals surface area contributed by atoms with Gasteiger partial charge in [-0.2, -0.15) is 4.31 Å². The van der Waals surface area contributed by atoms with E-state index in [0.717, 1.165) is 19.3 Å². The molecule has 2 heterocycles. The molecule has 0 aliphatic carbocycles. The van der Waals surface area contributed by atoms with Crippen LogP contribution in [0, 0.1) is 0 Å². The van der Waals surface area contributed by atoms with Crippen molar-refractivity contribution in [2.24, 2.45) is 0 Å². The number of furan rings is 1. The van der Waals surface area contributed by atoms with Crippen molar-refractivity contribution >= 4 is 21.6 Å². The zero-order valence-electron chi connectivity index (χ0n) is 16.3. The van der Waals surface area contributed by atoms with E-state index in [2.05, 4.69) is 5.32 Å². The van der Waals surface area contributed by atoms with Crippen LogP contribution in [0.2, 0.25) is 0 Å². The lowest BCUT2D eigenvalue weighted by Gasteiger charge is -2.26. The molecule has 156 valence electrons. The number of anilines is 1. The molecule has 1 aromatic heterocycles. The fourth-order valence-corrected chi connectivity index (χ4v) is 4.86. The first-order chi connectivity index (χ1) is 14.5. The fraction of sp³-hybridized carbons (Fsp3) is 0.227. The average molecular weight is 426 g/mol. The highest BCUT2D eigenvalue weighted by atomic mass is 32.2. The first-order valence-electron chi connectivity index (χ1n) is 9.76. The van der Waals surface area contributed by atoms with Gasteiger partial charge in [-0.3, -0.25) is 4.79 Å². The van der Waals surface area contributed by atoms with Crippen LogP contribution in [-0.4, -0.2) is 31.7 Å². The smallest absolute Gasteiger partial charge is 0.291 e. The summed E-state index contributed by atoms with van der Waals surface area (Å²) in [4.78, 5) is 12.6. The van der Waals surface area contributed by atoms with Gasteiger partial charge in [-0.15, -0.1) is 0 Å². The van der Waals surface area contributed by atoms with E-state index in [4.69, 9.17) is 9.15 Å². The number of carbonyl (C=O) groups is 1. The second-order valence-corrected chi connectivity index (χ2v) is 8.91. The number of ether oxygens (including phenoxy) is 1. The number of para-hydroxylation sites is 1. The molecular formula is C22H22N2O5S. The monoisotopic (exact) mass is 426 g/mol. The molecule has 0 radical (unpaired) electrons. The van der Waals surface area contributed by atoms with Crippen LogP contribution in [0.1, 0.15) is 29.8 Å². The Hall–Kier alpha value is -3.10. The third-order valence-electron chi connectivity index (χ3n) is 4.87. The summed E-state index contributed by atoms with van der Waals surface area (Å²) in [7, 11) is -3.66. The maximum Gasteiger partial charge on any atom is 0.291 e. The third kappa shape index (κ3) is 4.39.